The Hall–Kier alpha value is -2.98. The summed E-state index contributed by atoms with van der Waals surface area (Å²) in [5, 5.41) is 9.41. The van der Waals surface area contributed by atoms with E-state index in [1.165, 1.54) is 27.8 Å². The van der Waals surface area contributed by atoms with Crippen molar-refractivity contribution < 1.29 is 9.90 Å². The van der Waals surface area contributed by atoms with Gasteiger partial charge in [-0.05, 0) is 71.8 Å². The molecule has 0 saturated carbocycles. The molecule has 29 heavy (non-hydrogen) atoms. The predicted molar refractivity (Wildman–Crippen MR) is 115 cm³/mol. The SMILES string of the molecule is CCc1ccccc1-c1ccc2c(c1)CN(C)[C@H]2CCc1cnccc1C(=O)O. The Morgan fingerprint density at radius 2 is 2.00 bits per heavy atom. The fraction of sp³-hybridized carbons (Fsp3) is 0.280. The molecule has 0 saturated heterocycles. The number of aromatic nitrogens is 1. The van der Waals surface area contributed by atoms with E-state index in [0.717, 1.165) is 24.9 Å². The summed E-state index contributed by atoms with van der Waals surface area (Å²) in [4.78, 5) is 17.9. The van der Waals surface area contributed by atoms with Gasteiger partial charge in [0, 0.05) is 25.0 Å². The summed E-state index contributed by atoms with van der Waals surface area (Å²) in [5.41, 5.74) is 7.83. The maximum Gasteiger partial charge on any atom is 0.336 e. The second-order valence-corrected chi connectivity index (χ2v) is 7.73. The van der Waals surface area contributed by atoms with Crippen LogP contribution in [0, 0.1) is 0 Å². The van der Waals surface area contributed by atoms with Crippen molar-refractivity contribution >= 4 is 5.97 Å². The molecule has 0 radical (unpaired) electrons. The maximum absolute atomic E-state index is 11.5. The lowest BCUT2D eigenvalue weighted by atomic mass is 9.92. The Balaban J connectivity index is 1.58. The summed E-state index contributed by atoms with van der Waals surface area (Å²) >= 11 is 0. The number of carbonyl (C=O) groups is 1. The van der Waals surface area contributed by atoms with Gasteiger partial charge in [-0.15, -0.1) is 0 Å². The van der Waals surface area contributed by atoms with Gasteiger partial charge in [0.05, 0.1) is 5.56 Å². The van der Waals surface area contributed by atoms with Crippen LogP contribution in [0.3, 0.4) is 0 Å². The number of hydrogen-bond acceptors (Lipinski definition) is 3. The van der Waals surface area contributed by atoms with Crippen molar-refractivity contribution in [3.8, 4) is 11.1 Å². The van der Waals surface area contributed by atoms with Crippen LogP contribution < -0.4 is 0 Å². The first-order chi connectivity index (χ1) is 14.1. The van der Waals surface area contributed by atoms with Crippen molar-refractivity contribution in [1.82, 2.24) is 9.88 Å². The van der Waals surface area contributed by atoms with Crippen molar-refractivity contribution in [2.45, 2.75) is 38.8 Å². The van der Waals surface area contributed by atoms with Crippen LogP contribution in [0.4, 0.5) is 0 Å². The zero-order valence-electron chi connectivity index (χ0n) is 16.9. The summed E-state index contributed by atoms with van der Waals surface area (Å²) in [6.07, 6.45) is 5.82. The van der Waals surface area contributed by atoms with Gasteiger partial charge in [0.25, 0.3) is 0 Å². The van der Waals surface area contributed by atoms with Gasteiger partial charge in [0.15, 0.2) is 0 Å². The molecule has 0 bridgehead atoms. The molecular weight excluding hydrogens is 360 g/mol. The number of carboxylic acids is 1. The highest BCUT2D eigenvalue weighted by Gasteiger charge is 2.28. The Kier molecular flexibility index (Phi) is 5.45. The average Bonchev–Trinajstić information content (AvgIpc) is 3.06. The van der Waals surface area contributed by atoms with E-state index in [2.05, 4.69) is 66.3 Å². The molecule has 148 valence electrons. The second-order valence-electron chi connectivity index (χ2n) is 7.73. The van der Waals surface area contributed by atoms with Gasteiger partial charge in [0.2, 0.25) is 0 Å². The number of aryl methyl sites for hydroxylation is 2. The van der Waals surface area contributed by atoms with Gasteiger partial charge in [0.1, 0.15) is 0 Å². The van der Waals surface area contributed by atoms with E-state index in [-0.39, 0.29) is 0 Å². The molecule has 1 aliphatic rings. The number of hydrogen-bond donors (Lipinski definition) is 1. The number of aromatic carboxylic acids is 1. The molecule has 1 aromatic heterocycles. The van der Waals surface area contributed by atoms with E-state index in [1.807, 2.05) is 0 Å². The summed E-state index contributed by atoms with van der Waals surface area (Å²) < 4.78 is 0. The standard InChI is InChI=1S/C25H26N2O2/c1-3-17-6-4-5-7-21(17)18-8-10-22-20(14-18)16-27(2)24(22)11-9-19-15-26-13-12-23(19)25(28)29/h4-8,10,12-15,24H,3,9,11,16H2,1-2H3,(H,28,29)/t24-/m0/s1. The molecule has 2 aromatic carbocycles. The van der Waals surface area contributed by atoms with Crippen molar-refractivity contribution in [2.24, 2.45) is 0 Å². The smallest absolute Gasteiger partial charge is 0.336 e. The average molecular weight is 386 g/mol. The zero-order valence-corrected chi connectivity index (χ0v) is 16.9. The molecule has 4 rings (SSSR count). The van der Waals surface area contributed by atoms with Gasteiger partial charge in [-0.25, -0.2) is 4.79 Å². The summed E-state index contributed by atoms with van der Waals surface area (Å²) in [7, 11) is 2.14. The summed E-state index contributed by atoms with van der Waals surface area (Å²) in [5.74, 6) is -0.887. The third kappa shape index (κ3) is 3.81. The van der Waals surface area contributed by atoms with Gasteiger partial charge >= 0.3 is 5.97 Å². The number of fused-ring (bicyclic) bond motifs is 1. The molecular formula is C25H26N2O2. The van der Waals surface area contributed by atoms with Crippen LogP contribution in [0.2, 0.25) is 0 Å². The number of pyridine rings is 1. The van der Waals surface area contributed by atoms with E-state index in [0.29, 0.717) is 18.0 Å². The lowest BCUT2D eigenvalue weighted by Crippen LogP contribution is -2.17. The van der Waals surface area contributed by atoms with Crippen LogP contribution in [0.15, 0.2) is 60.9 Å². The second kappa shape index (κ2) is 8.18. The molecule has 0 unspecified atom stereocenters. The lowest BCUT2D eigenvalue weighted by molar-refractivity contribution is 0.0695. The van der Waals surface area contributed by atoms with Crippen molar-refractivity contribution in [2.75, 3.05) is 7.05 Å². The topological polar surface area (TPSA) is 53.4 Å². The Morgan fingerprint density at radius 3 is 2.79 bits per heavy atom. The number of benzene rings is 2. The highest BCUT2D eigenvalue weighted by atomic mass is 16.4. The van der Waals surface area contributed by atoms with Crippen molar-refractivity contribution in [3.05, 3.63) is 88.7 Å². The molecule has 3 aromatic rings. The molecule has 0 spiro atoms. The van der Waals surface area contributed by atoms with Gasteiger partial charge < -0.3 is 5.11 Å². The first-order valence-corrected chi connectivity index (χ1v) is 10.2. The minimum Gasteiger partial charge on any atom is -0.478 e. The van der Waals surface area contributed by atoms with E-state index in [4.69, 9.17) is 0 Å². The molecule has 1 aliphatic heterocycles. The number of carboxylic acid groups (broad SMARTS) is 1. The molecule has 4 nitrogen and oxygen atoms in total. The Bertz CT molecular complexity index is 1040. The number of nitrogens with zero attached hydrogens (tertiary/aromatic N) is 2. The normalized spacial score (nSPS) is 16.0. The largest absolute Gasteiger partial charge is 0.478 e. The van der Waals surface area contributed by atoms with Crippen molar-refractivity contribution in [3.63, 3.8) is 0 Å². The molecule has 0 aliphatic carbocycles. The zero-order chi connectivity index (χ0) is 20.4. The summed E-state index contributed by atoms with van der Waals surface area (Å²) in [6.45, 7) is 3.11. The van der Waals surface area contributed by atoms with Crippen LogP contribution in [0.5, 0.6) is 0 Å². The van der Waals surface area contributed by atoms with Crippen LogP contribution in [0.25, 0.3) is 11.1 Å². The van der Waals surface area contributed by atoms with Crippen LogP contribution in [-0.2, 0) is 19.4 Å². The van der Waals surface area contributed by atoms with Crippen molar-refractivity contribution in [1.29, 1.82) is 0 Å². The predicted octanol–water partition coefficient (Wildman–Crippen LogP) is 5.13. The highest BCUT2D eigenvalue weighted by molar-refractivity contribution is 5.89. The third-order valence-electron chi connectivity index (χ3n) is 5.98. The molecule has 0 fully saturated rings. The highest BCUT2D eigenvalue weighted by Crippen LogP contribution is 2.38. The van der Waals surface area contributed by atoms with Crippen LogP contribution in [-0.4, -0.2) is 28.0 Å². The first kappa shape index (κ1) is 19.3. The van der Waals surface area contributed by atoms with E-state index < -0.39 is 5.97 Å². The molecule has 2 heterocycles. The molecule has 4 heteroatoms. The third-order valence-corrected chi connectivity index (χ3v) is 5.98. The minimum absolute atomic E-state index is 0.294. The molecule has 1 N–H and O–H groups in total. The van der Waals surface area contributed by atoms with E-state index >= 15 is 0 Å². The van der Waals surface area contributed by atoms with Crippen LogP contribution >= 0.6 is 0 Å². The van der Waals surface area contributed by atoms with Gasteiger partial charge in [-0.2, -0.15) is 0 Å². The fourth-order valence-electron chi connectivity index (χ4n) is 4.46. The first-order valence-electron chi connectivity index (χ1n) is 10.2. The number of rotatable bonds is 6. The fourth-order valence-corrected chi connectivity index (χ4v) is 4.46. The van der Waals surface area contributed by atoms with Gasteiger partial charge in [-0.1, -0.05) is 43.3 Å². The Morgan fingerprint density at radius 1 is 1.17 bits per heavy atom. The molecule has 1 atom stereocenters. The maximum atomic E-state index is 11.5. The lowest BCUT2D eigenvalue weighted by Gasteiger charge is -2.20. The quantitative estimate of drug-likeness (QED) is 0.638. The van der Waals surface area contributed by atoms with E-state index in [9.17, 15) is 9.90 Å². The monoisotopic (exact) mass is 386 g/mol. The molecule has 0 amide bonds. The van der Waals surface area contributed by atoms with Crippen LogP contribution in [0.1, 0.15) is 52.0 Å². The van der Waals surface area contributed by atoms with E-state index in [1.54, 1.807) is 18.5 Å². The van der Waals surface area contributed by atoms with Gasteiger partial charge in [-0.3, -0.25) is 9.88 Å². The minimum atomic E-state index is -0.887. The summed E-state index contributed by atoms with van der Waals surface area (Å²) in [6, 6.07) is 17.3. The Labute approximate surface area is 171 Å².